The van der Waals surface area contributed by atoms with E-state index in [1.54, 1.807) is 23.0 Å². The zero-order valence-electron chi connectivity index (χ0n) is 17.0. The van der Waals surface area contributed by atoms with Crippen LogP contribution in [0.5, 0.6) is 0 Å². The molecule has 2 aromatic heterocycles. The summed E-state index contributed by atoms with van der Waals surface area (Å²) < 4.78 is 1.68. The summed E-state index contributed by atoms with van der Waals surface area (Å²) in [5, 5.41) is 20.5. The molecule has 0 fully saturated rings. The van der Waals surface area contributed by atoms with Gasteiger partial charge in [0, 0.05) is 57.3 Å². The summed E-state index contributed by atoms with van der Waals surface area (Å²) >= 11 is 0. The molecule has 0 bridgehead atoms. The number of carbonyl (C=O) groups excluding carboxylic acids is 1. The van der Waals surface area contributed by atoms with Crippen molar-refractivity contribution in [2.75, 3.05) is 25.0 Å². The molecule has 0 radical (unpaired) electrons. The molecule has 3 aromatic rings. The van der Waals surface area contributed by atoms with Gasteiger partial charge in [0.25, 0.3) is 5.91 Å². The lowest BCUT2D eigenvalue weighted by molar-refractivity contribution is 0.0842. The van der Waals surface area contributed by atoms with E-state index >= 15 is 0 Å². The van der Waals surface area contributed by atoms with Crippen molar-refractivity contribution in [1.29, 1.82) is 0 Å². The number of β-amino-alcohol motifs (C(OH)–C–C–N with tert-alkyl or cyclic N) is 1. The molecule has 1 aliphatic rings. The number of aliphatic hydroxyl groups is 1. The van der Waals surface area contributed by atoms with Gasteiger partial charge in [0.2, 0.25) is 0 Å². The number of nitrogens with one attached hydrogen (secondary N) is 2. The molecule has 3 N–H and O–H groups in total. The zero-order chi connectivity index (χ0) is 20.9. The topological polar surface area (TPSA) is 95.3 Å². The maximum Gasteiger partial charge on any atom is 0.251 e. The molecule has 8 heteroatoms. The average Bonchev–Trinajstić information content (AvgIpc) is 3.16. The van der Waals surface area contributed by atoms with Gasteiger partial charge in [-0.25, -0.2) is 4.98 Å². The first-order valence-electron chi connectivity index (χ1n) is 10.0. The summed E-state index contributed by atoms with van der Waals surface area (Å²) in [6, 6.07) is 13.5. The highest BCUT2D eigenvalue weighted by Gasteiger charge is 2.19. The van der Waals surface area contributed by atoms with E-state index in [1.165, 1.54) is 11.1 Å². The Morgan fingerprint density at radius 1 is 1.20 bits per heavy atom. The molecule has 1 aliphatic heterocycles. The molecule has 3 heterocycles. The van der Waals surface area contributed by atoms with Gasteiger partial charge in [0.1, 0.15) is 5.82 Å². The number of pyridine rings is 1. The van der Waals surface area contributed by atoms with Crippen LogP contribution in [0.4, 0.5) is 11.6 Å². The van der Waals surface area contributed by atoms with Crippen molar-refractivity contribution in [2.45, 2.75) is 19.1 Å². The van der Waals surface area contributed by atoms with Crippen molar-refractivity contribution in [3.05, 3.63) is 71.5 Å². The fourth-order valence-corrected chi connectivity index (χ4v) is 3.64. The van der Waals surface area contributed by atoms with Crippen LogP contribution in [-0.2, 0) is 20.0 Å². The summed E-state index contributed by atoms with van der Waals surface area (Å²) in [4.78, 5) is 18.9. The average molecular weight is 406 g/mol. The smallest absolute Gasteiger partial charge is 0.251 e. The Bertz CT molecular complexity index is 1020. The quantitative estimate of drug-likeness (QED) is 0.553. The Balaban J connectivity index is 1.27. The second-order valence-electron chi connectivity index (χ2n) is 7.55. The Morgan fingerprint density at radius 3 is 2.83 bits per heavy atom. The molecule has 8 nitrogen and oxygen atoms in total. The highest BCUT2D eigenvalue weighted by atomic mass is 16.3. The largest absolute Gasteiger partial charge is 0.390 e. The van der Waals surface area contributed by atoms with Gasteiger partial charge < -0.3 is 15.7 Å². The van der Waals surface area contributed by atoms with Gasteiger partial charge in [-0.2, -0.15) is 5.10 Å². The molecule has 0 spiro atoms. The van der Waals surface area contributed by atoms with E-state index in [-0.39, 0.29) is 12.5 Å². The maximum absolute atomic E-state index is 12.5. The van der Waals surface area contributed by atoms with Gasteiger partial charge in [0.15, 0.2) is 5.82 Å². The number of rotatable bonds is 7. The second-order valence-corrected chi connectivity index (χ2v) is 7.55. The molecule has 30 heavy (non-hydrogen) atoms. The Labute approximate surface area is 175 Å². The van der Waals surface area contributed by atoms with Gasteiger partial charge >= 0.3 is 0 Å². The molecular weight excluding hydrogens is 380 g/mol. The number of anilines is 2. The maximum atomic E-state index is 12.5. The lowest BCUT2D eigenvalue weighted by Gasteiger charge is -2.30. The van der Waals surface area contributed by atoms with E-state index < -0.39 is 6.10 Å². The van der Waals surface area contributed by atoms with Crippen LogP contribution < -0.4 is 10.6 Å². The van der Waals surface area contributed by atoms with Crippen LogP contribution in [0.2, 0.25) is 0 Å². The Hall–Kier alpha value is -3.23. The number of aliphatic hydroxyl groups excluding tert-OH is 1. The van der Waals surface area contributed by atoms with Crippen molar-refractivity contribution in [1.82, 2.24) is 25.0 Å². The molecule has 1 aromatic carbocycles. The third kappa shape index (κ3) is 5.03. The lowest BCUT2D eigenvalue weighted by Crippen LogP contribution is -2.42. The summed E-state index contributed by atoms with van der Waals surface area (Å²) in [5.74, 6) is 0.944. The van der Waals surface area contributed by atoms with E-state index in [4.69, 9.17) is 0 Å². The number of aryl methyl sites for hydroxylation is 1. The molecule has 156 valence electrons. The second kappa shape index (κ2) is 9.06. The highest BCUT2D eigenvalue weighted by molar-refractivity contribution is 5.94. The third-order valence-corrected chi connectivity index (χ3v) is 5.17. The Morgan fingerprint density at radius 2 is 2.03 bits per heavy atom. The first-order chi connectivity index (χ1) is 14.6. The van der Waals surface area contributed by atoms with E-state index in [2.05, 4.69) is 43.8 Å². The highest BCUT2D eigenvalue weighted by Crippen LogP contribution is 2.18. The van der Waals surface area contributed by atoms with Gasteiger partial charge in [-0.05, 0) is 29.7 Å². The van der Waals surface area contributed by atoms with Gasteiger partial charge in [0.05, 0.1) is 6.10 Å². The number of carbonyl (C=O) groups is 1. The number of amides is 1. The minimum atomic E-state index is -0.632. The van der Waals surface area contributed by atoms with Crippen molar-refractivity contribution in [3.63, 3.8) is 0 Å². The Kier molecular flexibility index (Phi) is 6.06. The molecule has 1 unspecified atom stereocenters. The summed E-state index contributed by atoms with van der Waals surface area (Å²) in [5.41, 5.74) is 3.16. The number of benzene rings is 1. The summed E-state index contributed by atoms with van der Waals surface area (Å²) in [7, 11) is 1.83. The van der Waals surface area contributed by atoms with Crippen LogP contribution in [0.3, 0.4) is 0 Å². The van der Waals surface area contributed by atoms with E-state index in [9.17, 15) is 9.90 Å². The fourth-order valence-electron chi connectivity index (χ4n) is 3.64. The lowest BCUT2D eigenvalue weighted by atomic mass is 10.00. The summed E-state index contributed by atoms with van der Waals surface area (Å²) in [6.45, 7) is 2.46. The van der Waals surface area contributed by atoms with Crippen LogP contribution in [0.15, 0.2) is 54.9 Å². The normalized spacial score (nSPS) is 14.7. The van der Waals surface area contributed by atoms with Crippen molar-refractivity contribution in [2.24, 2.45) is 7.05 Å². The van der Waals surface area contributed by atoms with Crippen molar-refractivity contribution >= 4 is 17.5 Å². The van der Waals surface area contributed by atoms with Crippen LogP contribution in [-0.4, -0.2) is 56.4 Å². The van der Waals surface area contributed by atoms with Crippen LogP contribution in [0.1, 0.15) is 21.5 Å². The van der Waals surface area contributed by atoms with Crippen molar-refractivity contribution < 1.29 is 9.90 Å². The number of hydrogen-bond acceptors (Lipinski definition) is 6. The SMILES string of the molecule is Cn1ccc(Nc2cc(C(=O)NCC(O)CN3CCc4ccccc4C3)ccn2)n1. The monoisotopic (exact) mass is 406 g/mol. The van der Waals surface area contributed by atoms with E-state index in [1.807, 2.05) is 25.4 Å². The molecule has 0 saturated heterocycles. The molecule has 0 aliphatic carbocycles. The number of nitrogens with zero attached hydrogens (tertiary/aromatic N) is 4. The minimum absolute atomic E-state index is 0.197. The van der Waals surface area contributed by atoms with E-state index in [0.717, 1.165) is 19.5 Å². The van der Waals surface area contributed by atoms with Crippen LogP contribution in [0, 0.1) is 0 Å². The van der Waals surface area contributed by atoms with E-state index in [0.29, 0.717) is 23.7 Å². The minimum Gasteiger partial charge on any atom is -0.390 e. The first kappa shape index (κ1) is 20.1. The van der Waals surface area contributed by atoms with Crippen LogP contribution in [0.25, 0.3) is 0 Å². The number of fused-ring (bicyclic) bond motifs is 1. The molecule has 1 atom stereocenters. The van der Waals surface area contributed by atoms with Crippen molar-refractivity contribution in [3.8, 4) is 0 Å². The first-order valence-corrected chi connectivity index (χ1v) is 10.0. The molecule has 1 amide bonds. The number of aromatic nitrogens is 3. The summed E-state index contributed by atoms with van der Waals surface area (Å²) in [6.07, 6.45) is 3.74. The predicted octanol–water partition coefficient (Wildman–Crippen LogP) is 1.71. The molecule has 0 saturated carbocycles. The van der Waals surface area contributed by atoms with Gasteiger partial charge in [-0.1, -0.05) is 24.3 Å². The van der Waals surface area contributed by atoms with Crippen LogP contribution >= 0.6 is 0 Å². The molecule has 4 rings (SSSR count). The van der Waals surface area contributed by atoms with Gasteiger partial charge in [-0.15, -0.1) is 0 Å². The molecular formula is C22H26N6O2. The third-order valence-electron chi connectivity index (χ3n) is 5.17. The fraction of sp³-hybridized carbons (Fsp3) is 0.318. The van der Waals surface area contributed by atoms with Gasteiger partial charge in [-0.3, -0.25) is 14.4 Å². The predicted molar refractivity (Wildman–Crippen MR) is 114 cm³/mol. The zero-order valence-corrected chi connectivity index (χ0v) is 17.0. The number of hydrogen-bond donors (Lipinski definition) is 3. The standard InChI is InChI=1S/C22H26N6O2/c1-27-10-8-20(26-27)25-21-12-17(6-9-23-21)22(30)24-13-19(29)15-28-11-7-16-4-2-3-5-18(16)14-28/h2-6,8-10,12,19,29H,7,11,13-15H2,1H3,(H,24,30)(H,23,25,26).